The molecule has 0 unspecified atom stereocenters. The molecule has 3 aromatic rings. The molecule has 0 bridgehead atoms. The van der Waals surface area contributed by atoms with Crippen LogP contribution in [0.5, 0.6) is 5.75 Å². The van der Waals surface area contributed by atoms with Gasteiger partial charge in [0.15, 0.2) is 5.82 Å². The van der Waals surface area contributed by atoms with E-state index in [0.717, 1.165) is 24.5 Å². The number of amides is 1. The average Bonchev–Trinajstić information content (AvgIpc) is 3.28. The van der Waals surface area contributed by atoms with Gasteiger partial charge in [-0.1, -0.05) is 12.1 Å². The van der Waals surface area contributed by atoms with E-state index in [4.69, 9.17) is 4.74 Å². The van der Waals surface area contributed by atoms with Crippen LogP contribution in [0.1, 0.15) is 10.4 Å². The first-order valence-corrected chi connectivity index (χ1v) is 8.89. The number of para-hydroxylation sites is 2. The second-order valence-corrected chi connectivity index (χ2v) is 6.31. The molecule has 0 atom stereocenters. The Morgan fingerprint density at radius 3 is 2.52 bits per heavy atom. The van der Waals surface area contributed by atoms with Crippen molar-refractivity contribution in [2.75, 3.05) is 38.2 Å². The lowest BCUT2D eigenvalue weighted by Gasteiger charge is -2.36. The monoisotopic (exact) mass is 363 g/mol. The van der Waals surface area contributed by atoms with Crippen molar-refractivity contribution in [1.29, 1.82) is 0 Å². The number of piperazine rings is 1. The summed E-state index contributed by atoms with van der Waals surface area (Å²) in [7, 11) is 1.68. The summed E-state index contributed by atoms with van der Waals surface area (Å²) in [6.07, 6.45) is 5.13. The summed E-state index contributed by atoms with van der Waals surface area (Å²) in [5.74, 6) is 1.56. The van der Waals surface area contributed by atoms with Crippen LogP contribution in [0.2, 0.25) is 0 Å². The molecule has 1 fully saturated rings. The highest BCUT2D eigenvalue weighted by Gasteiger charge is 2.23. The summed E-state index contributed by atoms with van der Waals surface area (Å²) >= 11 is 0. The van der Waals surface area contributed by atoms with Crippen molar-refractivity contribution >= 4 is 11.6 Å². The first kappa shape index (κ1) is 17.1. The fourth-order valence-corrected chi connectivity index (χ4v) is 3.28. The maximum atomic E-state index is 12.8. The van der Waals surface area contributed by atoms with Crippen LogP contribution < -0.4 is 9.64 Å². The molecule has 0 radical (unpaired) electrons. The van der Waals surface area contributed by atoms with E-state index in [-0.39, 0.29) is 5.91 Å². The Kier molecular flexibility index (Phi) is 4.74. The molecule has 1 aliphatic heterocycles. The zero-order valence-electron chi connectivity index (χ0n) is 15.2. The van der Waals surface area contributed by atoms with Crippen LogP contribution >= 0.6 is 0 Å². The molecule has 1 saturated heterocycles. The number of anilines is 1. The highest BCUT2D eigenvalue weighted by Crippen LogP contribution is 2.28. The number of rotatable bonds is 4. The van der Waals surface area contributed by atoms with Gasteiger partial charge in [0, 0.05) is 44.8 Å². The number of carbonyl (C=O) groups is 1. The number of aromatic nitrogens is 3. The second kappa shape index (κ2) is 7.49. The van der Waals surface area contributed by atoms with Crippen molar-refractivity contribution < 1.29 is 9.53 Å². The second-order valence-electron chi connectivity index (χ2n) is 6.31. The molecule has 1 aliphatic rings. The minimum atomic E-state index is 0.00851. The molecule has 4 rings (SSSR count). The van der Waals surface area contributed by atoms with Crippen LogP contribution in [0.3, 0.4) is 0 Å². The number of hydrogen-bond acceptors (Lipinski definition) is 5. The molecule has 0 N–H and O–H groups in total. The van der Waals surface area contributed by atoms with Crippen LogP contribution in [0.15, 0.2) is 61.1 Å². The lowest BCUT2D eigenvalue weighted by molar-refractivity contribution is 0.0746. The van der Waals surface area contributed by atoms with Crippen LogP contribution in [0.25, 0.3) is 5.82 Å². The number of hydrogen-bond donors (Lipinski definition) is 0. The van der Waals surface area contributed by atoms with Crippen molar-refractivity contribution in [3.8, 4) is 11.6 Å². The summed E-state index contributed by atoms with van der Waals surface area (Å²) in [4.78, 5) is 21.3. The van der Waals surface area contributed by atoms with Crippen molar-refractivity contribution in [2.24, 2.45) is 0 Å². The van der Waals surface area contributed by atoms with E-state index in [1.54, 1.807) is 30.3 Å². The van der Waals surface area contributed by atoms with Gasteiger partial charge in [0.05, 0.1) is 18.4 Å². The molecule has 2 aromatic heterocycles. The molecule has 0 aliphatic carbocycles. The molecule has 0 saturated carbocycles. The highest BCUT2D eigenvalue weighted by molar-refractivity contribution is 5.94. The number of nitrogens with zero attached hydrogens (tertiary/aromatic N) is 5. The van der Waals surface area contributed by atoms with E-state index in [1.807, 2.05) is 47.5 Å². The third-order valence-electron chi connectivity index (χ3n) is 4.73. The molecule has 138 valence electrons. The van der Waals surface area contributed by atoms with Crippen LogP contribution in [-0.4, -0.2) is 58.9 Å². The largest absolute Gasteiger partial charge is 0.495 e. The van der Waals surface area contributed by atoms with Crippen molar-refractivity contribution in [3.05, 3.63) is 66.6 Å². The third kappa shape index (κ3) is 3.48. The minimum Gasteiger partial charge on any atom is -0.495 e. The molecule has 1 amide bonds. The standard InChI is InChI=1S/C20H21N5O2/c1-27-18-6-3-2-5-17(18)23-11-13-24(14-12-23)20(26)16-7-8-19(21-15-16)25-10-4-9-22-25/h2-10,15H,11-14H2,1H3. The summed E-state index contributed by atoms with van der Waals surface area (Å²) in [6.45, 7) is 2.87. The topological polar surface area (TPSA) is 63.5 Å². The first-order chi connectivity index (χ1) is 13.3. The van der Waals surface area contributed by atoms with Crippen molar-refractivity contribution in [3.63, 3.8) is 0 Å². The third-order valence-corrected chi connectivity index (χ3v) is 4.73. The summed E-state index contributed by atoms with van der Waals surface area (Å²) in [6, 6.07) is 13.4. The normalized spacial score (nSPS) is 14.3. The molecule has 0 spiro atoms. The van der Waals surface area contributed by atoms with Gasteiger partial charge in [0.25, 0.3) is 5.91 Å². The summed E-state index contributed by atoms with van der Waals surface area (Å²) in [5, 5.41) is 4.15. The Morgan fingerprint density at radius 1 is 1.04 bits per heavy atom. The van der Waals surface area contributed by atoms with E-state index < -0.39 is 0 Å². The van der Waals surface area contributed by atoms with Crippen LogP contribution in [-0.2, 0) is 0 Å². The Balaban J connectivity index is 1.41. The number of methoxy groups -OCH3 is 1. The van der Waals surface area contributed by atoms with Gasteiger partial charge >= 0.3 is 0 Å². The van der Waals surface area contributed by atoms with Crippen molar-refractivity contribution in [2.45, 2.75) is 0 Å². The lowest BCUT2D eigenvalue weighted by atomic mass is 10.2. The van der Waals surface area contributed by atoms with Gasteiger partial charge in [-0.2, -0.15) is 5.10 Å². The zero-order valence-corrected chi connectivity index (χ0v) is 15.2. The number of benzene rings is 1. The molecular formula is C20H21N5O2. The minimum absolute atomic E-state index is 0.00851. The molecule has 1 aromatic carbocycles. The average molecular weight is 363 g/mol. The predicted molar refractivity (Wildman–Crippen MR) is 102 cm³/mol. The number of pyridine rings is 1. The molecule has 7 nitrogen and oxygen atoms in total. The lowest BCUT2D eigenvalue weighted by Crippen LogP contribution is -2.48. The summed E-state index contributed by atoms with van der Waals surface area (Å²) < 4.78 is 7.11. The molecular weight excluding hydrogens is 342 g/mol. The van der Waals surface area contributed by atoms with E-state index >= 15 is 0 Å². The van der Waals surface area contributed by atoms with Gasteiger partial charge in [-0.15, -0.1) is 0 Å². The van der Waals surface area contributed by atoms with Crippen molar-refractivity contribution in [1.82, 2.24) is 19.7 Å². The van der Waals surface area contributed by atoms with Crippen LogP contribution in [0.4, 0.5) is 5.69 Å². The van der Waals surface area contributed by atoms with Gasteiger partial charge in [-0.25, -0.2) is 9.67 Å². The SMILES string of the molecule is COc1ccccc1N1CCN(C(=O)c2ccc(-n3cccn3)nc2)CC1. The van der Waals surface area contributed by atoms with Gasteiger partial charge in [-0.05, 0) is 30.3 Å². The Bertz CT molecular complexity index is 900. The molecule has 7 heteroatoms. The van der Waals surface area contributed by atoms with E-state index in [2.05, 4.69) is 15.0 Å². The quantitative estimate of drug-likeness (QED) is 0.711. The predicted octanol–water partition coefficient (Wildman–Crippen LogP) is 2.24. The van der Waals surface area contributed by atoms with Gasteiger partial charge < -0.3 is 14.5 Å². The Hall–Kier alpha value is -3.35. The maximum absolute atomic E-state index is 12.8. The maximum Gasteiger partial charge on any atom is 0.255 e. The van der Waals surface area contributed by atoms with Gasteiger partial charge in [-0.3, -0.25) is 4.79 Å². The Morgan fingerprint density at radius 2 is 1.85 bits per heavy atom. The smallest absolute Gasteiger partial charge is 0.255 e. The zero-order chi connectivity index (χ0) is 18.6. The first-order valence-electron chi connectivity index (χ1n) is 8.89. The number of ether oxygens (including phenoxy) is 1. The molecule has 3 heterocycles. The van der Waals surface area contributed by atoms with Gasteiger partial charge in [0.1, 0.15) is 5.75 Å². The Labute approximate surface area is 157 Å². The molecule has 27 heavy (non-hydrogen) atoms. The van der Waals surface area contributed by atoms with Crippen LogP contribution in [0, 0.1) is 0 Å². The fraction of sp³-hybridized carbons (Fsp3) is 0.250. The van der Waals surface area contributed by atoms with E-state index in [9.17, 15) is 4.79 Å². The van der Waals surface area contributed by atoms with Gasteiger partial charge in [0.2, 0.25) is 0 Å². The number of carbonyl (C=O) groups excluding carboxylic acids is 1. The fourth-order valence-electron chi connectivity index (χ4n) is 3.28. The van der Waals surface area contributed by atoms with E-state index in [1.165, 1.54) is 0 Å². The summed E-state index contributed by atoms with van der Waals surface area (Å²) in [5.41, 5.74) is 1.66. The highest BCUT2D eigenvalue weighted by atomic mass is 16.5. The van der Waals surface area contributed by atoms with E-state index in [0.29, 0.717) is 24.5 Å².